The maximum absolute atomic E-state index is 4.59. The van der Waals surface area contributed by atoms with Crippen LogP contribution in [0.25, 0.3) is 10.9 Å². The Balaban J connectivity index is 0.000000686. The molecule has 0 radical (unpaired) electrons. The molecule has 2 aromatic rings. The summed E-state index contributed by atoms with van der Waals surface area (Å²) in [5.41, 5.74) is 3.66. The molecule has 17 heavy (non-hydrogen) atoms. The molecule has 1 heterocycles. The zero-order valence-electron chi connectivity index (χ0n) is 11.6. The van der Waals surface area contributed by atoms with Crippen LogP contribution >= 0.6 is 0 Å². The van der Waals surface area contributed by atoms with Crippen molar-refractivity contribution in [3.8, 4) is 0 Å². The van der Waals surface area contributed by atoms with Crippen LogP contribution in [0.15, 0.2) is 30.3 Å². The minimum absolute atomic E-state index is 0.584. The lowest BCUT2D eigenvalue weighted by atomic mass is 10.0. The highest BCUT2D eigenvalue weighted by Gasteiger charge is 2.01. The zero-order chi connectivity index (χ0) is 12.8. The Hall–Kier alpha value is -1.37. The summed E-state index contributed by atoms with van der Waals surface area (Å²) in [7, 11) is 0. The second-order valence-corrected chi connectivity index (χ2v) is 4.26. The number of rotatable bonds is 2. The third-order valence-corrected chi connectivity index (χ3v) is 2.80. The van der Waals surface area contributed by atoms with Gasteiger partial charge in [-0.05, 0) is 36.1 Å². The number of aryl methyl sites for hydroxylation is 1. The molecule has 1 nitrogen and oxygen atoms in total. The summed E-state index contributed by atoms with van der Waals surface area (Å²) in [6.45, 7) is 10.6. The molecule has 1 heteroatoms. The van der Waals surface area contributed by atoms with Crippen molar-refractivity contribution in [3.63, 3.8) is 0 Å². The smallest absolute Gasteiger partial charge is 0.0705 e. The molecule has 0 spiro atoms. The van der Waals surface area contributed by atoms with Gasteiger partial charge >= 0.3 is 0 Å². The first-order valence-corrected chi connectivity index (χ1v) is 6.60. The first kappa shape index (κ1) is 13.7. The van der Waals surface area contributed by atoms with E-state index in [1.165, 1.54) is 16.6 Å². The average Bonchev–Trinajstić information content (AvgIpc) is 2.39. The number of pyridine rings is 1. The van der Waals surface area contributed by atoms with Crippen molar-refractivity contribution in [2.24, 2.45) is 0 Å². The Bertz CT molecular complexity index is 472. The molecule has 0 amide bonds. The van der Waals surface area contributed by atoms with Crippen LogP contribution in [0.4, 0.5) is 0 Å². The molecule has 0 aliphatic carbocycles. The number of nitrogens with zero attached hydrogens (tertiary/aromatic N) is 1. The van der Waals surface area contributed by atoms with E-state index in [0.717, 1.165) is 11.9 Å². The van der Waals surface area contributed by atoms with Crippen LogP contribution in [0.5, 0.6) is 0 Å². The van der Waals surface area contributed by atoms with E-state index in [9.17, 15) is 0 Å². The highest BCUT2D eigenvalue weighted by atomic mass is 14.7. The van der Waals surface area contributed by atoms with Gasteiger partial charge in [-0.2, -0.15) is 0 Å². The van der Waals surface area contributed by atoms with Crippen molar-refractivity contribution in [1.29, 1.82) is 0 Å². The molecule has 0 unspecified atom stereocenters. The second-order valence-electron chi connectivity index (χ2n) is 4.26. The van der Waals surface area contributed by atoms with E-state index in [-0.39, 0.29) is 0 Å². The summed E-state index contributed by atoms with van der Waals surface area (Å²) in [6, 6.07) is 10.8. The van der Waals surface area contributed by atoms with Gasteiger partial charge in [0.25, 0.3) is 0 Å². The molecule has 2 rings (SSSR count). The van der Waals surface area contributed by atoms with Gasteiger partial charge in [0.05, 0.1) is 5.52 Å². The molecule has 0 bridgehead atoms. The molecule has 1 aromatic heterocycles. The summed E-state index contributed by atoms with van der Waals surface area (Å²) < 4.78 is 0. The van der Waals surface area contributed by atoms with Gasteiger partial charge in [0, 0.05) is 11.1 Å². The Morgan fingerprint density at radius 3 is 2.35 bits per heavy atom. The Morgan fingerprint density at radius 1 is 1.06 bits per heavy atom. The molecule has 0 aliphatic heterocycles. The van der Waals surface area contributed by atoms with Crippen molar-refractivity contribution < 1.29 is 0 Å². The molecule has 0 aliphatic rings. The highest BCUT2D eigenvalue weighted by Crippen LogP contribution is 2.20. The molecule has 0 N–H and O–H groups in total. The number of aromatic nitrogens is 1. The summed E-state index contributed by atoms with van der Waals surface area (Å²) in [5.74, 6) is 0.584. The van der Waals surface area contributed by atoms with Crippen LogP contribution in [0.1, 0.15) is 51.8 Å². The average molecular weight is 229 g/mol. The van der Waals surface area contributed by atoms with Crippen molar-refractivity contribution in [2.45, 2.75) is 47.0 Å². The largest absolute Gasteiger partial charge is 0.253 e. The first-order chi connectivity index (χ1) is 8.20. The standard InChI is InChI=1S/C14H17N.C2H6/c1-4-13-7-5-12-9-11(10(2)3)6-8-14(12)15-13;1-2/h5-10H,4H2,1-3H3;1-2H3. The third-order valence-electron chi connectivity index (χ3n) is 2.80. The fourth-order valence-electron chi connectivity index (χ4n) is 1.74. The fraction of sp³-hybridized carbons (Fsp3) is 0.438. The lowest BCUT2D eigenvalue weighted by molar-refractivity contribution is 0.868. The minimum atomic E-state index is 0.584. The number of hydrogen-bond acceptors (Lipinski definition) is 1. The molecular weight excluding hydrogens is 206 g/mol. The van der Waals surface area contributed by atoms with Crippen molar-refractivity contribution in [3.05, 3.63) is 41.6 Å². The molecule has 0 saturated carbocycles. The van der Waals surface area contributed by atoms with Crippen molar-refractivity contribution in [1.82, 2.24) is 4.98 Å². The normalized spacial score (nSPS) is 10.2. The molecule has 0 atom stereocenters. The predicted octanol–water partition coefficient (Wildman–Crippen LogP) is 4.95. The first-order valence-electron chi connectivity index (χ1n) is 6.60. The van der Waals surface area contributed by atoms with Crippen LogP contribution < -0.4 is 0 Å². The van der Waals surface area contributed by atoms with Crippen molar-refractivity contribution >= 4 is 10.9 Å². The maximum Gasteiger partial charge on any atom is 0.0705 e. The van der Waals surface area contributed by atoms with E-state index in [1.807, 2.05) is 13.8 Å². The summed E-state index contributed by atoms with van der Waals surface area (Å²) in [5, 5.41) is 1.25. The fourth-order valence-corrected chi connectivity index (χ4v) is 1.74. The van der Waals surface area contributed by atoms with E-state index in [1.54, 1.807) is 0 Å². The van der Waals surface area contributed by atoms with Crippen LogP contribution in [0.3, 0.4) is 0 Å². The lowest BCUT2D eigenvalue weighted by Crippen LogP contribution is -1.90. The van der Waals surface area contributed by atoms with Crippen LogP contribution in [-0.4, -0.2) is 4.98 Å². The van der Waals surface area contributed by atoms with Gasteiger partial charge in [-0.25, -0.2) is 0 Å². The van der Waals surface area contributed by atoms with Gasteiger partial charge in [-0.1, -0.05) is 46.8 Å². The van der Waals surface area contributed by atoms with Crippen LogP contribution in [-0.2, 0) is 6.42 Å². The summed E-state index contributed by atoms with van der Waals surface area (Å²) >= 11 is 0. The van der Waals surface area contributed by atoms with Crippen LogP contribution in [0, 0.1) is 0 Å². The molecule has 1 aromatic carbocycles. The van der Waals surface area contributed by atoms with E-state index in [0.29, 0.717) is 5.92 Å². The quantitative estimate of drug-likeness (QED) is 0.710. The van der Waals surface area contributed by atoms with Crippen molar-refractivity contribution in [2.75, 3.05) is 0 Å². The third kappa shape index (κ3) is 3.29. The van der Waals surface area contributed by atoms with Gasteiger partial charge in [0.2, 0.25) is 0 Å². The molecular formula is C16H23N. The van der Waals surface area contributed by atoms with Gasteiger partial charge in [0.1, 0.15) is 0 Å². The van der Waals surface area contributed by atoms with Gasteiger partial charge in [-0.3, -0.25) is 4.98 Å². The topological polar surface area (TPSA) is 12.9 Å². The zero-order valence-corrected chi connectivity index (χ0v) is 11.6. The van der Waals surface area contributed by atoms with E-state index in [2.05, 4.69) is 56.1 Å². The lowest BCUT2D eigenvalue weighted by Gasteiger charge is -2.07. The van der Waals surface area contributed by atoms with Gasteiger partial charge in [-0.15, -0.1) is 0 Å². The molecule has 0 fully saturated rings. The van der Waals surface area contributed by atoms with Gasteiger partial charge < -0.3 is 0 Å². The Labute approximate surface area is 105 Å². The van der Waals surface area contributed by atoms with E-state index in [4.69, 9.17) is 0 Å². The number of fused-ring (bicyclic) bond motifs is 1. The Morgan fingerprint density at radius 2 is 1.76 bits per heavy atom. The summed E-state index contributed by atoms with van der Waals surface area (Å²) in [4.78, 5) is 4.59. The maximum atomic E-state index is 4.59. The predicted molar refractivity (Wildman–Crippen MR) is 76.6 cm³/mol. The minimum Gasteiger partial charge on any atom is -0.253 e. The summed E-state index contributed by atoms with van der Waals surface area (Å²) in [6.07, 6.45) is 1.00. The van der Waals surface area contributed by atoms with E-state index >= 15 is 0 Å². The molecule has 92 valence electrons. The van der Waals surface area contributed by atoms with E-state index < -0.39 is 0 Å². The van der Waals surface area contributed by atoms with Crippen LogP contribution in [0.2, 0.25) is 0 Å². The highest BCUT2D eigenvalue weighted by molar-refractivity contribution is 5.79. The SMILES string of the molecule is CC.CCc1ccc2cc(C(C)C)ccc2n1. The second kappa shape index (κ2) is 6.39. The molecule has 0 saturated heterocycles. The van der Waals surface area contributed by atoms with Gasteiger partial charge in [0.15, 0.2) is 0 Å². The number of benzene rings is 1. The monoisotopic (exact) mass is 229 g/mol. The number of hydrogen-bond donors (Lipinski definition) is 0. The Kier molecular flexibility index (Phi) is 5.14.